The minimum atomic E-state index is -0.717. The van der Waals surface area contributed by atoms with Gasteiger partial charge in [-0.1, -0.05) is 0 Å². The van der Waals surface area contributed by atoms with Crippen LogP contribution in [-0.4, -0.2) is 49.7 Å². The third-order valence-corrected chi connectivity index (χ3v) is 6.21. The van der Waals surface area contributed by atoms with Gasteiger partial charge < -0.3 is 25.2 Å². The number of fused-ring (bicyclic) bond motifs is 1. The average molecular weight is 498 g/mol. The number of amides is 1. The van der Waals surface area contributed by atoms with Crippen molar-refractivity contribution in [2.75, 3.05) is 47.9 Å². The summed E-state index contributed by atoms with van der Waals surface area (Å²) in [6.45, 7) is 6.35. The zero-order chi connectivity index (χ0) is 25.4. The van der Waals surface area contributed by atoms with E-state index in [4.69, 9.17) is 4.74 Å². The van der Waals surface area contributed by atoms with Crippen molar-refractivity contribution in [3.05, 3.63) is 59.9 Å². The molecule has 10 heteroatoms. The van der Waals surface area contributed by atoms with Gasteiger partial charge in [0, 0.05) is 43.5 Å². The highest BCUT2D eigenvalue weighted by Crippen LogP contribution is 2.40. The van der Waals surface area contributed by atoms with E-state index in [0.29, 0.717) is 11.4 Å². The highest BCUT2D eigenvalue weighted by atomic mass is 19.1. The number of anilines is 4. The molecule has 1 aromatic heterocycles. The standard InChI is InChI=1S/C26H26F3N5O2/c1-15(2)34-22-12-16(11-20(29)26(22)36-14-24(34)35)25-18(27)4-6-23(32-25)31-17-3-5-21(19(28)13-17)33-9-7-30-8-10-33/h3-6,11-13,15,30H,7-10,14H2,1-2H3,(H,31,32). The normalized spacial score (nSPS) is 15.7. The van der Waals surface area contributed by atoms with Crippen molar-refractivity contribution in [3.8, 4) is 17.0 Å². The Morgan fingerprint density at radius 1 is 0.972 bits per heavy atom. The van der Waals surface area contributed by atoms with Gasteiger partial charge in [0.1, 0.15) is 23.1 Å². The summed E-state index contributed by atoms with van der Waals surface area (Å²) in [5, 5.41) is 6.23. The van der Waals surface area contributed by atoms with Gasteiger partial charge in [-0.25, -0.2) is 18.2 Å². The first-order valence-electron chi connectivity index (χ1n) is 11.8. The molecule has 3 heterocycles. The van der Waals surface area contributed by atoms with Crippen LogP contribution in [0.25, 0.3) is 11.3 Å². The molecule has 36 heavy (non-hydrogen) atoms. The molecule has 1 amide bonds. The van der Waals surface area contributed by atoms with Crippen LogP contribution in [0.1, 0.15) is 13.8 Å². The Kier molecular flexibility index (Phi) is 6.44. The van der Waals surface area contributed by atoms with Gasteiger partial charge in [-0.3, -0.25) is 4.79 Å². The number of hydrogen-bond donors (Lipinski definition) is 2. The molecule has 7 nitrogen and oxygen atoms in total. The van der Waals surface area contributed by atoms with E-state index in [1.165, 1.54) is 29.2 Å². The summed E-state index contributed by atoms with van der Waals surface area (Å²) in [5.41, 5.74) is 1.23. The minimum absolute atomic E-state index is 0.0539. The van der Waals surface area contributed by atoms with E-state index >= 15 is 0 Å². The van der Waals surface area contributed by atoms with Crippen molar-refractivity contribution in [1.29, 1.82) is 0 Å². The number of carbonyl (C=O) groups excluding carboxylic acids is 1. The Labute approximate surface area is 206 Å². The van der Waals surface area contributed by atoms with Crippen LogP contribution in [-0.2, 0) is 4.79 Å². The molecule has 2 aromatic carbocycles. The molecule has 0 unspecified atom stereocenters. The number of halogens is 3. The summed E-state index contributed by atoms with van der Waals surface area (Å²) in [4.78, 5) is 20.1. The molecule has 0 spiro atoms. The predicted octanol–water partition coefficient (Wildman–Crippen LogP) is 4.45. The Bertz CT molecular complexity index is 1310. The minimum Gasteiger partial charge on any atom is -0.478 e. The molecule has 0 atom stereocenters. The maximum atomic E-state index is 14.9. The number of nitrogens with one attached hydrogen (secondary N) is 2. The lowest BCUT2D eigenvalue weighted by molar-refractivity contribution is -0.121. The summed E-state index contributed by atoms with van der Waals surface area (Å²) in [6.07, 6.45) is 0. The van der Waals surface area contributed by atoms with Crippen molar-refractivity contribution < 1.29 is 22.7 Å². The van der Waals surface area contributed by atoms with E-state index in [2.05, 4.69) is 15.6 Å². The molecule has 2 N–H and O–H groups in total. The lowest BCUT2D eigenvalue weighted by Gasteiger charge is -2.33. The van der Waals surface area contributed by atoms with Crippen LogP contribution < -0.4 is 25.2 Å². The first-order valence-corrected chi connectivity index (χ1v) is 11.8. The number of piperazine rings is 1. The van der Waals surface area contributed by atoms with Gasteiger partial charge in [0.15, 0.2) is 18.2 Å². The van der Waals surface area contributed by atoms with Gasteiger partial charge in [-0.15, -0.1) is 0 Å². The van der Waals surface area contributed by atoms with Gasteiger partial charge in [-0.05, 0) is 56.3 Å². The summed E-state index contributed by atoms with van der Waals surface area (Å²) < 4.78 is 49.9. The first kappa shape index (κ1) is 23.9. The number of carbonyl (C=O) groups is 1. The van der Waals surface area contributed by atoms with Crippen molar-refractivity contribution in [2.24, 2.45) is 0 Å². The second-order valence-corrected chi connectivity index (χ2v) is 9.01. The SMILES string of the molecule is CC(C)N1C(=O)COc2c(F)cc(-c3nc(Nc4ccc(N5CCNCC5)c(F)c4)ccc3F)cc21. The number of pyridine rings is 1. The van der Waals surface area contributed by atoms with Crippen LogP contribution in [0.3, 0.4) is 0 Å². The molecule has 2 aliphatic heterocycles. The van der Waals surface area contributed by atoms with Gasteiger partial charge in [0.2, 0.25) is 0 Å². The Hall–Kier alpha value is -3.79. The third kappa shape index (κ3) is 4.56. The fourth-order valence-electron chi connectivity index (χ4n) is 4.55. The fraction of sp³-hybridized carbons (Fsp3) is 0.308. The lowest BCUT2D eigenvalue weighted by Crippen LogP contribution is -2.43. The van der Waals surface area contributed by atoms with E-state index < -0.39 is 11.6 Å². The predicted molar refractivity (Wildman–Crippen MR) is 132 cm³/mol. The highest BCUT2D eigenvalue weighted by molar-refractivity contribution is 5.99. The highest BCUT2D eigenvalue weighted by Gasteiger charge is 2.31. The van der Waals surface area contributed by atoms with Crippen LogP contribution in [0.4, 0.5) is 36.1 Å². The number of benzene rings is 2. The monoisotopic (exact) mass is 497 g/mol. The zero-order valence-corrected chi connectivity index (χ0v) is 19.9. The topological polar surface area (TPSA) is 69.7 Å². The molecule has 5 rings (SSSR count). The van der Waals surface area contributed by atoms with Crippen LogP contribution in [0.2, 0.25) is 0 Å². The zero-order valence-electron chi connectivity index (χ0n) is 19.9. The van der Waals surface area contributed by atoms with Crippen LogP contribution >= 0.6 is 0 Å². The summed E-state index contributed by atoms with van der Waals surface area (Å²) in [6, 6.07) is 9.79. The maximum absolute atomic E-state index is 14.9. The second-order valence-electron chi connectivity index (χ2n) is 9.01. The summed E-state index contributed by atoms with van der Waals surface area (Å²) in [7, 11) is 0. The largest absolute Gasteiger partial charge is 0.478 e. The first-order chi connectivity index (χ1) is 17.3. The van der Waals surface area contributed by atoms with Crippen molar-refractivity contribution in [2.45, 2.75) is 19.9 Å². The number of rotatable bonds is 5. The van der Waals surface area contributed by atoms with Gasteiger partial charge in [0.05, 0.1) is 11.4 Å². The molecular formula is C26H26F3N5O2. The Morgan fingerprint density at radius 3 is 2.47 bits per heavy atom. The van der Waals surface area contributed by atoms with Gasteiger partial charge in [-0.2, -0.15) is 0 Å². The number of hydrogen-bond acceptors (Lipinski definition) is 6. The van der Waals surface area contributed by atoms with E-state index in [9.17, 15) is 18.0 Å². The van der Waals surface area contributed by atoms with E-state index in [1.54, 1.807) is 26.0 Å². The average Bonchev–Trinajstić information content (AvgIpc) is 2.85. The van der Waals surface area contributed by atoms with Crippen LogP contribution in [0, 0.1) is 17.5 Å². The molecule has 188 valence electrons. The third-order valence-electron chi connectivity index (χ3n) is 6.21. The fourth-order valence-corrected chi connectivity index (χ4v) is 4.55. The van der Waals surface area contributed by atoms with Crippen LogP contribution in [0.5, 0.6) is 5.75 Å². The molecule has 1 fully saturated rings. The van der Waals surface area contributed by atoms with Gasteiger partial charge in [0.25, 0.3) is 5.91 Å². The molecule has 0 aliphatic carbocycles. The van der Waals surface area contributed by atoms with E-state index in [0.717, 1.165) is 32.2 Å². The smallest absolute Gasteiger partial charge is 0.265 e. The lowest BCUT2D eigenvalue weighted by atomic mass is 10.1. The van der Waals surface area contributed by atoms with E-state index in [1.807, 2.05) is 4.90 Å². The molecule has 0 radical (unpaired) electrons. The van der Waals surface area contributed by atoms with Gasteiger partial charge >= 0.3 is 0 Å². The van der Waals surface area contributed by atoms with Crippen molar-refractivity contribution >= 4 is 28.8 Å². The molecular weight excluding hydrogens is 471 g/mol. The maximum Gasteiger partial charge on any atom is 0.265 e. The van der Waals surface area contributed by atoms with E-state index in [-0.39, 0.29) is 52.9 Å². The Balaban J connectivity index is 1.45. The number of ether oxygens (including phenoxy) is 1. The number of aromatic nitrogens is 1. The van der Waals surface area contributed by atoms with Crippen molar-refractivity contribution in [3.63, 3.8) is 0 Å². The quantitative estimate of drug-likeness (QED) is 0.543. The summed E-state index contributed by atoms with van der Waals surface area (Å²) >= 11 is 0. The molecule has 0 bridgehead atoms. The number of nitrogens with zero attached hydrogens (tertiary/aromatic N) is 3. The van der Waals surface area contributed by atoms with Crippen LogP contribution in [0.15, 0.2) is 42.5 Å². The Morgan fingerprint density at radius 2 is 1.75 bits per heavy atom. The molecule has 1 saturated heterocycles. The molecule has 2 aliphatic rings. The molecule has 3 aromatic rings. The second kappa shape index (κ2) is 9.69. The van der Waals surface area contributed by atoms with Crippen molar-refractivity contribution in [1.82, 2.24) is 10.3 Å². The summed E-state index contributed by atoms with van der Waals surface area (Å²) in [5.74, 6) is -1.87. The molecule has 0 saturated carbocycles.